The average molecular weight is 315 g/mol. The average Bonchev–Trinajstić information content (AvgIpc) is 2.69. The summed E-state index contributed by atoms with van der Waals surface area (Å²) in [5.74, 6) is -0.908. The van der Waals surface area contributed by atoms with Crippen LogP contribution in [0.3, 0.4) is 0 Å². The number of nitrogens with zero attached hydrogens (tertiary/aromatic N) is 1. The minimum Gasteiger partial charge on any atom is -0.326 e. The number of hydrogen-bond acceptors (Lipinski definition) is 3. The van der Waals surface area contributed by atoms with Gasteiger partial charge in [0.15, 0.2) is 5.82 Å². The molecule has 0 radical (unpaired) electrons. The Hall–Kier alpha value is -0.400. The summed E-state index contributed by atoms with van der Waals surface area (Å²) in [6, 6.07) is 3.74. The van der Waals surface area contributed by atoms with E-state index in [0.29, 0.717) is 13.0 Å². The van der Waals surface area contributed by atoms with Gasteiger partial charge in [-0.25, -0.2) is 12.8 Å². The molecule has 4 nitrogen and oxygen atoms in total. The van der Waals surface area contributed by atoms with Crippen LogP contribution < -0.4 is 5.73 Å². The topological polar surface area (TPSA) is 63.4 Å². The summed E-state index contributed by atoms with van der Waals surface area (Å²) < 4.78 is 39.1. The molecule has 0 bridgehead atoms. The zero-order valence-electron chi connectivity index (χ0n) is 9.34. The molecule has 1 heterocycles. The van der Waals surface area contributed by atoms with Gasteiger partial charge in [-0.05, 0) is 18.6 Å². The molecular formula is C10H13Cl2FN2O2S. The standard InChI is InChI=1S/C10H12ClFN2O2S.ClH/c11-8-2-1-3-9(10(8)12)17(15,16)14-5-4-7(13)6-14;/h1-3,7H,4-6,13H2;1H/t7-;/m1./s1. The number of rotatable bonds is 2. The van der Waals surface area contributed by atoms with E-state index >= 15 is 0 Å². The first-order valence-corrected chi connectivity index (χ1v) is 6.94. The van der Waals surface area contributed by atoms with Gasteiger partial charge in [0.05, 0.1) is 5.02 Å². The summed E-state index contributed by atoms with van der Waals surface area (Å²) in [5, 5.41) is -0.199. The molecule has 0 amide bonds. The highest BCUT2D eigenvalue weighted by atomic mass is 35.5. The van der Waals surface area contributed by atoms with Crippen LogP contribution in [0.5, 0.6) is 0 Å². The molecule has 2 rings (SSSR count). The Morgan fingerprint density at radius 2 is 2.11 bits per heavy atom. The maximum Gasteiger partial charge on any atom is 0.246 e. The minimum absolute atomic E-state index is 0. The van der Waals surface area contributed by atoms with E-state index in [1.807, 2.05) is 0 Å². The summed E-state index contributed by atoms with van der Waals surface area (Å²) >= 11 is 5.57. The van der Waals surface area contributed by atoms with E-state index in [1.165, 1.54) is 22.5 Å². The second-order valence-electron chi connectivity index (χ2n) is 3.96. The summed E-state index contributed by atoms with van der Waals surface area (Å²) in [7, 11) is -3.83. The lowest BCUT2D eigenvalue weighted by Crippen LogP contribution is -2.32. The minimum atomic E-state index is -3.83. The van der Waals surface area contributed by atoms with E-state index in [2.05, 4.69) is 0 Å². The van der Waals surface area contributed by atoms with Crippen molar-refractivity contribution in [1.82, 2.24) is 4.31 Å². The molecule has 0 saturated carbocycles. The third-order valence-electron chi connectivity index (χ3n) is 2.72. The molecule has 1 atom stereocenters. The van der Waals surface area contributed by atoms with Crippen LogP contribution in [0.1, 0.15) is 6.42 Å². The number of benzene rings is 1. The SMILES string of the molecule is Cl.N[C@@H]1CCN(S(=O)(=O)c2cccc(Cl)c2F)C1. The van der Waals surface area contributed by atoms with Crippen molar-refractivity contribution < 1.29 is 12.8 Å². The summed E-state index contributed by atoms with van der Waals surface area (Å²) in [6.45, 7) is 0.531. The van der Waals surface area contributed by atoms with Crippen molar-refractivity contribution in [2.75, 3.05) is 13.1 Å². The molecule has 1 fully saturated rings. The highest BCUT2D eigenvalue weighted by Gasteiger charge is 2.33. The third kappa shape index (κ3) is 2.78. The van der Waals surface area contributed by atoms with Gasteiger partial charge in [-0.1, -0.05) is 17.7 Å². The molecule has 0 aliphatic carbocycles. The fraction of sp³-hybridized carbons (Fsp3) is 0.400. The molecule has 1 aliphatic rings. The molecule has 8 heteroatoms. The second kappa shape index (κ2) is 5.71. The zero-order valence-corrected chi connectivity index (χ0v) is 11.7. The summed E-state index contributed by atoms with van der Waals surface area (Å²) in [4.78, 5) is -0.390. The van der Waals surface area contributed by atoms with Gasteiger partial charge in [-0.15, -0.1) is 12.4 Å². The first-order chi connectivity index (χ1) is 7.93. The van der Waals surface area contributed by atoms with Crippen LogP contribution in [-0.2, 0) is 10.0 Å². The highest BCUT2D eigenvalue weighted by Crippen LogP contribution is 2.26. The Kier molecular flexibility index (Phi) is 4.97. The molecule has 1 aliphatic heterocycles. The molecule has 1 aromatic rings. The van der Waals surface area contributed by atoms with E-state index < -0.39 is 15.8 Å². The van der Waals surface area contributed by atoms with Crippen LogP contribution in [-0.4, -0.2) is 31.9 Å². The van der Waals surface area contributed by atoms with Crippen molar-refractivity contribution >= 4 is 34.0 Å². The van der Waals surface area contributed by atoms with E-state index in [0.717, 1.165) is 0 Å². The number of nitrogens with two attached hydrogens (primary N) is 1. The van der Waals surface area contributed by atoms with Crippen molar-refractivity contribution in [2.45, 2.75) is 17.4 Å². The van der Waals surface area contributed by atoms with Crippen molar-refractivity contribution in [3.8, 4) is 0 Å². The number of sulfonamides is 1. The van der Waals surface area contributed by atoms with Gasteiger partial charge in [0.1, 0.15) is 4.90 Å². The van der Waals surface area contributed by atoms with E-state index in [-0.39, 0.29) is 34.9 Å². The number of halogens is 3. The van der Waals surface area contributed by atoms with Gasteiger partial charge in [-0.3, -0.25) is 0 Å². The molecule has 0 aromatic heterocycles. The lowest BCUT2D eigenvalue weighted by molar-refractivity contribution is 0.465. The van der Waals surface area contributed by atoms with E-state index in [4.69, 9.17) is 17.3 Å². The monoisotopic (exact) mass is 314 g/mol. The zero-order chi connectivity index (χ0) is 12.6. The van der Waals surface area contributed by atoms with Crippen LogP contribution in [0.25, 0.3) is 0 Å². The predicted octanol–water partition coefficient (Wildman–Crippen LogP) is 1.62. The van der Waals surface area contributed by atoms with Gasteiger partial charge < -0.3 is 5.73 Å². The van der Waals surface area contributed by atoms with Crippen LogP contribution in [0.15, 0.2) is 23.1 Å². The fourth-order valence-electron chi connectivity index (χ4n) is 1.79. The summed E-state index contributed by atoms with van der Waals surface area (Å²) in [6.07, 6.45) is 0.585. The van der Waals surface area contributed by atoms with Crippen molar-refractivity contribution in [1.29, 1.82) is 0 Å². The Morgan fingerprint density at radius 3 is 2.67 bits per heavy atom. The summed E-state index contributed by atoms with van der Waals surface area (Å²) in [5.41, 5.74) is 5.64. The smallest absolute Gasteiger partial charge is 0.246 e. The highest BCUT2D eigenvalue weighted by molar-refractivity contribution is 7.89. The predicted molar refractivity (Wildman–Crippen MR) is 70.0 cm³/mol. The molecule has 1 aromatic carbocycles. The number of hydrogen-bond donors (Lipinski definition) is 1. The van der Waals surface area contributed by atoms with Gasteiger partial charge >= 0.3 is 0 Å². The van der Waals surface area contributed by atoms with Gasteiger partial charge in [-0.2, -0.15) is 4.31 Å². The fourth-order valence-corrected chi connectivity index (χ4v) is 3.62. The Bertz CT molecular complexity index is 539. The maximum absolute atomic E-state index is 13.7. The first-order valence-electron chi connectivity index (χ1n) is 5.12. The van der Waals surface area contributed by atoms with E-state index in [9.17, 15) is 12.8 Å². The lowest BCUT2D eigenvalue weighted by atomic mass is 10.3. The quantitative estimate of drug-likeness (QED) is 0.902. The van der Waals surface area contributed by atoms with Crippen molar-refractivity contribution in [3.63, 3.8) is 0 Å². The van der Waals surface area contributed by atoms with Crippen molar-refractivity contribution in [3.05, 3.63) is 29.0 Å². The van der Waals surface area contributed by atoms with E-state index in [1.54, 1.807) is 0 Å². The molecule has 102 valence electrons. The molecular weight excluding hydrogens is 302 g/mol. The Balaban J connectivity index is 0.00000162. The van der Waals surface area contributed by atoms with Gasteiger partial charge in [0.25, 0.3) is 0 Å². The molecule has 1 saturated heterocycles. The van der Waals surface area contributed by atoms with Crippen LogP contribution >= 0.6 is 24.0 Å². The normalized spacial score (nSPS) is 20.7. The van der Waals surface area contributed by atoms with Crippen molar-refractivity contribution in [2.24, 2.45) is 5.73 Å². The lowest BCUT2D eigenvalue weighted by Gasteiger charge is -2.16. The molecule has 0 unspecified atom stereocenters. The molecule has 18 heavy (non-hydrogen) atoms. The van der Waals surface area contributed by atoms with Crippen LogP contribution in [0.4, 0.5) is 4.39 Å². The Morgan fingerprint density at radius 1 is 1.44 bits per heavy atom. The molecule has 0 spiro atoms. The Labute approximate surface area is 116 Å². The van der Waals surface area contributed by atoms with Gasteiger partial charge in [0.2, 0.25) is 10.0 Å². The second-order valence-corrected chi connectivity index (χ2v) is 6.28. The molecule has 2 N–H and O–H groups in total. The largest absolute Gasteiger partial charge is 0.326 e. The third-order valence-corrected chi connectivity index (χ3v) is 4.90. The van der Waals surface area contributed by atoms with Crippen LogP contribution in [0.2, 0.25) is 5.02 Å². The first kappa shape index (κ1) is 15.7. The van der Waals surface area contributed by atoms with Crippen LogP contribution in [0, 0.1) is 5.82 Å². The maximum atomic E-state index is 13.7. The van der Waals surface area contributed by atoms with Gasteiger partial charge in [0, 0.05) is 19.1 Å².